The Morgan fingerprint density at radius 1 is 1.15 bits per heavy atom. The van der Waals surface area contributed by atoms with Gasteiger partial charge in [0.05, 0.1) is 0 Å². The summed E-state index contributed by atoms with van der Waals surface area (Å²) >= 11 is 0. The molecular weight excluding hydrogens is 336 g/mol. The molecule has 1 N–H and O–H groups in total. The van der Waals surface area contributed by atoms with Crippen LogP contribution in [0.5, 0.6) is 0 Å². The Morgan fingerprint density at radius 3 is 2.77 bits per heavy atom. The summed E-state index contributed by atoms with van der Waals surface area (Å²) in [6.07, 6.45) is 0. The zero-order valence-electron chi connectivity index (χ0n) is 13.8. The second-order valence-corrected chi connectivity index (χ2v) is 5.66. The van der Waals surface area contributed by atoms with Crippen molar-refractivity contribution in [2.24, 2.45) is 0 Å². The highest BCUT2D eigenvalue weighted by atomic mass is 16.4. The Hall–Kier alpha value is -3.68. The number of anilines is 1. The molecule has 2 aromatic heterocycles. The first kappa shape index (κ1) is 15.8. The molecule has 4 aromatic rings. The van der Waals surface area contributed by atoms with E-state index in [1.807, 2.05) is 18.2 Å². The van der Waals surface area contributed by atoms with Crippen LogP contribution in [0.3, 0.4) is 0 Å². The minimum Gasteiger partial charge on any atom is -0.441 e. The first-order chi connectivity index (χ1) is 12.6. The van der Waals surface area contributed by atoms with Crippen molar-refractivity contribution in [2.75, 3.05) is 5.32 Å². The smallest absolute Gasteiger partial charge is 0.437 e. The van der Waals surface area contributed by atoms with Gasteiger partial charge in [-0.2, -0.15) is 4.68 Å². The first-order valence-corrected chi connectivity index (χ1v) is 7.89. The Kier molecular flexibility index (Phi) is 3.85. The standard InChI is InChI=1S/C18H14N4O4/c1-11-19-14-9-13(7-8-15(14)25-11)20-16(23)10-22-18(24)26-17(21-22)12-5-3-2-4-6-12/h2-9H,10H2,1H3,(H,20,23). The molecule has 0 radical (unpaired) electrons. The summed E-state index contributed by atoms with van der Waals surface area (Å²) in [5.74, 6) is -0.380. The first-order valence-electron chi connectivity index (χ1n) is 7.89. The van der Waals surface area contributed by atoms with Crippen molar-refractivity contribution < 1.29 is 13.6 Å². The maximum absolute atomic E-state index is 12.2. The summed E-state index contributed by atoms with van der Waals surface area (Å²) in [5.41, 5.74) is 2.50. The lowest BCUT2D eigenvalue weighted by Crippen LogP contribution is -2.25. The van der Waals surface area contributed by atoms with Crippen LogP contribution in [-0.2, 0) is 11.3 Å². The van der Waals surface area contributed by atoms with Gasteiger partial charge in [0.2, 0.25) is 11.8 Å². The number of hydrogen-bond donors (Lipinski definition) is 1. The van der Waals surface area contributed by atoms with Crippen molar-refractivity contribution in [1.29, 1.82) is 0 Å². The fourth-order valence-corrected chi connectivity index (χ4v) is 2.56. The van der Waals surface area contributed by atoms with E-state index in [0.29, 0.717) is 28.2 Å². The second kappa shape index (κ2) is 6.32. The van der Waals surface area contributed by atoms with E-state index in [9.17, 15) is 9.59 Å². The van der Waals surface area contributed by atoms with Gasteiger partial charge in [-0.1, -0.05) is 18.2 Å². The molecule has 130 valence electrons. The van der Waals surface area contributed by atoms with E-state index in [0.717, 1.165) is 4.68 Å². The number of carbonyl (C=O) groups excluding carboxylic acids is 1. The van der Waals surface area contributed by atoms with Crippen LogP contribution in [0.15, 0.2) is 62.2 Å². The molecule has 0 unspecified atom stereocenters. The summed E-state index contributed by atoms with van der Waals surface area (Å²) in [6.45, 7) is 1.49. The molecular formula is C18H14N4O4. The largest absolute Gasteiger partial charge is 0.441 e. The number of rotatable bonds is 4. The third-order valence-electron chi connectivity index (χ3n) is 3.70. The summed E-state index contributed by atoms with van der Waals surface area (Å²) in [5, 5.41) is 6.77. The van der Waals surface area contributed by atoms with Gasteiger partial charge in [-0.25, -0.2) is 9.78 Å². The molecule has 0 spiro atoms. The van der Waals surface area contributed by atoms with E-state index in [1.54, 1.807) is 37.3 Å². The minimum absolute atomic E-state index is 0.169. The van der Waals surface area contributed by atoms with Crippen molar-refractivity contribution in [2.45, 2.75) is 13.5 Å². The molecule has 4 rings (SSSR count). The second-order valence-electron chi connectivity index (χ2n) is 5.66. The van der Waals surface area contributed by atoms with Crippen LogP contribution >= 0.6 is 0 Å². The third kappa shape index (κ3) is 3.12. The molecule has 0 aliphatic rings. The van der Waals surface area contributed by atoms with Gasteiger partial charge in [0, 0.05) is 18.2 Å². The average Bonchev–Trinajstić information content (AvgIpc) is 3.17. The number of hydrogen-bond acceptors (Lipinski definition) is 6. The maximum atomic E-state index is 12.2. The van der Waals surface area contributed by atoms with Gasteiger partial charge in [-0.15, -0.1) is 5.10 Å². The average molecular weight is 350 g/mol. The Balaban J connectivity index is 1.51. The number of nitrogens with one attached hydrogen (secondary N) is 1. The zero-order chi connectivity index (χ0) is 18.1. The molecule has 1 amide bonds. The molecule has 0 bridgehead atoms. The lowest BCUT2D eigenvalue weighted by molar-refractivity contribution is -0.117. The summed E-state index contributed by atoms with van der Waals surface area (Å²) in [6, 6.07) is 14.1. The number of oxazole rings is 1. The van der Waals surface area contributed by atoms with E-state index >= 15 is 0 Å². The maximum Gasteiger partial charge on any atom is 0.437 e. The molecule has 26 heavy (non-hydrogen) atoms. The summed E-state index contributed by atoms with van der Waals surface area (Å²) in [4.78, 5) is 28.4. The van der Waals surface area contributed by atoms with Crippen LogP contribution < -0.4 is 11.1 Å². The van der Waals surface area contributed by atoms with E-state index in [1.165, 1.54) is 0 Å². The lowest BCUT2D eigenvalue weighted by Gasteiger charge is -2.03. The van der Waals surface area contributed by atoms with Gasteiger partial charge in [-0.05, 0) is 30.3 Å². The van der Waals surface area contributed by atoms with Crippen LogP contribution in [0.2, 0.25) is 0 Å². The van der Waals surface area contributed by atoms with E-state index in [4.69, 9.17) is 8.83 Å². The Bertz CT molecular complexity index is 1140. The Labute approximate surface area is 147 Å². The molecule has 2 heterocycles. The van der Waals surface area contributed by atoms with Crippen LogP contribution in [0.25, 0.3) is 22.6 Å². The van der Waals surface area contributed by atoms with Gasteiger partial charge >= 0.3 is 5.76 Å². The quantitative estimate of drug-likeness (QED) is 0.607. The highest BCUT2D eigenvalue weighted by Gasteiger charge is 2.13. The normalized spacial score (nSPS) is 11.0. The topological polar surface area (TPSA) is 103 Å². The van der Waals surface area contributed by atoms with Crippen LogP contribution in [0.4, 0.5) is 5.69 Å². The highest BCUT2D eigenvalue weighted by molar-refractivity contribution is 5.92. The SMILES string of the molecule is Cc1nc2cc(NC(=O)Cn3nc(-c4ccccc4)oc3=O)ccc2o1. The summed E-state index contributed by atoms with van der Waals surface area (Å²) < 4.78 is 11.5. The molecule has 0 aliphatic carbocycles. The van der Waals surface area contributed by atoms with Crippen molar-refractivity contribution in [3.63, 3.8) is 0 Å². The fraction of sp³-hybridized carbons (Fsp3) is 0.111. The molecule has 0 saturated carbocycles. The van der Waals surface area contributed by atoms with Gasteiger partial charge in [0.15, 0.2) is 11.5 Å². The highest BCUT2D eigenvalue weighted by Crippen LogP contribution is 2.19. The number of nitrogens with zero attached hydrogens (tertiary/aromatic N) is 3. The van der Waals surface area contributed by atoms with Crippen molar-refractivity contribution in [3.8, 4) is 11.5 Å². The van der Waals surface area contributed by atoms with Crippen LogP contribution in [-0.4, -0.2) is 20.7 Å². The Morgan fingerprint density at radius 2 is 1.96 bits per heavy atom. The minimum atomic E-state index is -0.693. The molecule has 0 fully saturated rings. The lowest BCUT2D eigenvalue weighted by atomic mass is 10.2. The zero-order valence-corrected chi connectivity index (χ0v) is 13.8. The number of benzene rings is 2. The molecule has 0 aliphatic heterocycles. The van der Waals surface area contributed by atoms with Gasteiger partial charge < -0.3 is 14.2 Å². The number of fused-ring (bicyclic) bond motifs is 1. The van der Waals surface area contributed by atoms with Crippen molar-refractivity contribution in [3.05, 3.63) is 65.0 Å². The monoisotopic (exact) mass is 350 g/mol. The summed E-state index contributed by atoms with van der Waals surface area (Å²) in [7, 11) is 0. The van der Waals surface area contributed by atoms with Crippen molar-refractivity contribution >= 4 is 22.7 Å². The van der Waals surface area contributed by atoms with Crippen molar-refractivity contribution in [1.82, 2.24) is 14.8 Å². The van der Waals surface area contributed by atoms with Gasteiger partial charge in [0.1, 0.15) is 12.1 Å². The van der Waals surface area contributed by atoms with Crippen LogP contribution in [0, 0.1) is 6.92 Å². The van der Waals surface area contributed by atoms with Gasteiger partial charge in [-0.3, -0.25) is 4.79 Å². The number of amides is 1. The fourth-order valence-electron chi connectivity index (χ4n) is 2.56. The molecule has 0 saturated heterocycles. The van der Waals surface area contributed by atoms with E-state index in [2.05, 4.69) is 15.4 Å². The molecule has 2 aromatic carbocycles. The predicted molar refractivity (Wildman–Crippen MR) is 93.6 cm³/mol. The predicted octanol–water partition coefficient (Wildman–Crippen LogP) is 2.59. The van der Waals surface area contributed by atoms with E-state index in [-0.39, 0.29) is 12.4 Å². The number of aromatic nitrogens is 3. The molecule has 8 heteroatoms. The third-order valence-corrected chi connectivity index (χ3v) is 3.70. The number of carbonyl (C=O) groups is 1. The number of aryl methyl sites for hydroxylation is 1. The molecule has 0 atom stereocenters. The van der Waals surface area contributed by atoms with Crippen LogP contribution in [0.1, 0.15) is 5.89 Å². The van der Waals surface area contributed by atoms with E-state index < -0.39 is 11.7 Å². The molecule has 8 nitrogen and oxygen atoms in total. The van der Waals surface area contributed by atoms with Gasteiger partial charge in [0.25, 0.3) is 0 Å².